The van der Waals surface area contributed by atoms with Gasteiger partial charge in [0.15, 0.2) is 0 Å². The Morgan fingerprint density at radius 2 is 1.08 bits per heavy atom. The largest absolute Gasteiger partial charge is 0.253 e. The zero-order valence-corrected chi connectivity index (χ0v) is 16.1. The highest BCUT2D eigenvalue weighted by Crippen LogP contribution is 2.33. The molecule has 0 atom stereocenters. The molecule has 4 aromatic heterocycles. The zero-order valence-electron chi connectivity index (χ0n) is 14.5. The Morgan fingerprint density at radius 3 is 1.46 bits per heavy atom. The second kappa shape index (κ2) is 6.01. The number of benzene rings is 1. The Balaban J connectivity index is 1.65. The molecule has 0 bridgehead atoms. The maximum Gasteiger partial charge on any atom is 0.0965 e. The van der Waals surface area contributed by atoms with E-state index in [1.54, 1.807) is 22.7 Å². The average molecular weight is 373 g/mol. The van der Waals surface area contributed by atoms with Crippen molar-refractivity contribution in [1.82, 2.24) is 9.97 Å². The number of aryl methyl sites for hydroxylation is 2. The molecule has 26 heavy (non-hydrogen) atoms. The van der Waals surface area contributed by atoms with Crippen LogP contribution in [0, 0.1) is 13.8 Å². The van der Waals surface area contributed by atoms with Gasteiger partial charge in [0, 0.05) is 53.8 Å². The van der Waals surface area contributed by atoms with Gasteiger partial charge in [0.25, 0.3) is 0 Å². The highest BCUT2D eigenvalue weighted by atomic mass is 32.1. The van der Waals surface area contributed by atoms with Crippen LogP contribution < -0.4 is 0 Å². The number of thiophene rings is 2. The van der Waals surface area contributed by atoms with Gasteiger partial charge < -0.3 is 0 Å². The van der Waals surface area contributed by atoms with Crippen LogP contribution in [-0.2, 0) is 0 Å². The van der Waals surface area contributed by atoms with Crippen molar-refractivity contribution in [1.29, 1.82) is 0 Å². The summed E-state index contributed by atoms with van der Waals surface area (Å²) < 4.78 is 0. The SMILES string of the molecule is Cc1ccc(-c2cnc3c(ccc4cc(-c5ccc(C)s5)cnc43)c2)s1. The van der Waals surface area contributed by atoms with Crippen molar-refractivity contribution in [2.75, 3.05) is 0 Å². The van der Waals surface area contributed by atoms with Gasteiger partial charge in [-0.3, -0.25) is 9.97 Å². The maximum absolute atomic E-state index is 4.75. The minimum atomic E-state index is 0.966. The normalized spacial score (nSPS) is 11.5. The molecule has 0 aliphatic carbocycles. The molecule has 0 saturated heterocycles. The predicted molar refractivity (Wildman–Crippen MR) is 113 cm³/mol. The highest BCUT2D eigenvalue weighted by molar-refractivity contribution is 7.15. The first kappa shape index (κ1) is 15.7. The molecule has 0 aliphatic rings. The van der Waals surface area contributed by atoms with Crippen molar-refractivity contribution in [3.8, 4) is 20.9 Å². The first-order valence-corrected chi connectivity index (χ1v) is 10.1. The second-order valence-corrected chi connectivity index (χ2v) is 9.05. The lowest BCUT2D eigenvalue weighted by atomic mass is 10.1. The molecule has 0 saturated carbocycles. The number of fused-ring (bicyclic) bond motifs is 3. The topological polar surface area (TPSA) is 25.8 Å². The smallest absolute Gasteiger partial charge is 0.0965 e. The van der Waals surface area contributed by atoms with Crippen LogP contribution in [-0.4, -0.2) is 9.97 Å². The molecule has 0 aliphatic heterocycles. The number of hydrogen-bond acceptors (Lipinski definition) is 4. The number of hydrogen-bond donors (Lipinski definition) is 0. The molecular weight excluding hydrogens is 356 g/mol. The van der Waals surface area contributed by atoms with Gasteiger partial charge in [-0.1, -0.05) is 12.1 Å². The van der Waals surface area contributed by atoms with Crippen molar-refractivity contribution in [3.05, 3.63) is 70.7 Å². The van der Waals surface area contributed by atoms with Gasteiger partial charge >= 0.3 is 0 Å². The van der Waals surface area contributed by atoms with E-state index in [-0.39, 0.29) is 0 Å². The summed E-state index contributed by atoms with van der Waals surface area (Å²) in [6, 6.07) is 17.4. The average Bonchev–Trinajstić information content (AvgIpc) is 3.29. The molecule has 5 rings (SSSR count). The number of aromatic nitrogens is 2. The fourth-order valence-corrected chi connectivity index (χ4v) is 4.94. The van der Waals surface area contributed by atoms with Gasteiger partial charge in [-0.25, -0.2) is 0 Å². The van der Waals surface area contributed by atoms with E-state index in [9.17, 15) is 0 Å². The van der Waals surface area contributed by atoms with Crippen molar-refractivity contribution in [3.63, 3.8) is 0 Å². The lowest BCUT2D eigenvalue weighted by molar-refractivity contribution is 1.38. The highest BCUT2D eigenvalue weighted by Gasteiger charge is 2.09. The fraction of sp³-hybridized carbons (Fsp3) is 0.0909. The van der Waals surface area contributed by atoms with Crippen LogP contribution in [0.5, 0.6) is 0 Å². The first-order chi connectivity index (χ1) is 12.7. The Morgan fingerprint density at radius 1 is 0.615 bits per heavy atom. The van der Waals surface area contributed by atoms with E-state index in [1.807, 2.05) is 12.4 Å². The summed E-state index contributed by atoms with van der Waals surface area (Å²) in [7, 11) is 0. The van der Waals surface area contributed by atoms with Gasteiger partial charge in [-0.2, -0.15) is 0 Å². The molecule has 4 heteroatoms. The van der Waals surface area contributed by atoms with E-state index in [4.69, 9.17) is 9.97 Å². The summed E-state index contributed by atoms with van der Waals surface area (Å²) in [6.07, 6.45) is 3.93. The molecule has 0 unspecified atom stereocenters. The summed E-state index contributed by atoms with van der Waals surface area (Å²) in [4.78, 5) is 14.6. The fourth-order valence-electron chi connectivity index (χ4n) is 3.24. The van der Waals surface area contributed by atoms with Gasteiger partial charge in [0.05, 0.1) is 11.0 Å². The molecule has 0 spiro atoms. The van der Waals surface area contributed by atoms with E-state index in [2.05, 4.69) is 62.4 Å². The number of pyridine rings is 2. The minimum absolute atomic E-state index is 0.966. The van der Waals surface area contributed by atoms with Crippen LogP contribution in [0.2, 0.25) is 0 Å². The third-order valence-electron chi connectivity index (χ3n) is 4.55. The Kier molecular flexibility index (Phi) is 3.62. The predicted octanol–water partition coefficient (Wildman–Crippen LogP) is 6.86. The Bertz CT molecular complexity index is 1160. The van der Waals surface area contributed by atoms with Crippen molar-refractivity contribution < 1.29 is 0 Å². The van der Waals surface area contributed by atoms with Crippen LogP contribution in [0.1, 0.15) is 9.75 Å². The molecule has 4 heterocycles. The van der Waals surface area contributed by atoms with Crippen LogP contribution in [0.25, 0.3) is 42.7 Å². The summed E-state index contributed by atoms with van der Waals surface area (Å²) in [5, 5.41) is 2.27. The molecule has 2 nitrogen and oxygen atoms in total. The quantitative estimate of drug-likeness (QED) is 0.316. The zero-order chi connectivity index (χ0) is 17.7. The molecule has 0 N–H and O–H groups in total. The van der Waals surface area contributed by atoms with Gasteiger partial charge in [0.2, 0.25) is 0 Å². The first-order valence-electron chi connectivity index (χ1n) is 8.49. The van der Waals surface area contributed by atoms with Crippen LogP contribution in [0.4, 0.5) is 0 Å². The summed E-state index contributed by atoms with van der Waals surface area (Å²) in [6.45, 7) is 4.26. The second-order valence-electron chi connectivity index (χ2n) is 6.48. The third-order valence-corrected chi connectivity index (χ3v) is 6.65. The monoisotopic (exact) mass is 372 g/mol. The minimum Gasteiger partial charge on any atom is -0.253 e. The van der Waals surface area contributed by atoms with Gasteiger partial charge in [-0.15, -0.1) is 22.7 Å². The third kappa shape index (κ3) is 2.62. The Labute approximate surface area is 159 Å². The maximum atomic E-state index is 4.75. The molecule has 0 radical (unpaired) electrons. The van der Waals surface area contributed by atoms with E-state index < -0.39 is 0 Å². The molecule has 126 valence electrons. The summed E-state index contributed by atoms with van der Waals surface area (Å²) in [5.74, 6) is 0. The lowest BCUT2D eigenvalue weighted by Gasteiger charge is -2.06. The van der Waals surface area contributed by atoms with E-state index in [1.165, 1.54) is 30.6 Å². The van der Waals surface area contributed by atoms with Crippen LogP contribution >= 0.6 is 22.7 Å². The molecule has 0 amide bonds. The van der Waals surface area contributed by atoms with E-state index in [0.29, 0.717) is 0 Å². The van der Waals surface area contributed by atoms with Crippen molar-refractivity contribution in [2.24, 2.45) is 0 Å². The van der Waals surface area contributed by atoms with Crippen molar-refractivity contribution >= 4 is 44.5 Å². The van der Waals surface area contributed by atoms with Crippen molar-refractivity contribution in [2.45, 2.75) is 13.8 Å². The summed E-state index contributed by atoms with van der Waals surface area (Å²) in [5.41, 5.74) is 4.27. The standard InChI is InChI=1S/C22H16N2S2/c1-13-3-7-19(25-13)17-9-15-5-6-16-10-18(20-8-4-14(2)26-20)12-24-22(16)21(15)23-11-17/h3-12H,1-2H3. The van der Waals surface area contributed by atoms with Crippen LogP contribution in [0.3, 0.4) is 0 Å². The van der Waals surface area contributed by atoms with E-state index in [0.717, 1.165) is 21.8 Å². The Hall–Kier alpha value is -2.56. The van der Waals surface area contributed by atoms with E-state index >= 15 is 0 Å². The molecule has 5 aromatic rings. The summed E-state index contributed by atoms with van der Waals surface area (Å²) >= 11 is 3.60. The van der Waals surface area contributed by atoms with Gasteiger partial charge in [-0.05, 0) is 50.2 Å². The molecular formula is C22H16N2S2. The van der Waals surface area contributed by atoms with Crippen LogP contribution in [0.15, 0.2) is 60.9 Å². The molecule has 0 fully saturated rings. The molecule has 1 aromatic carbocycles. The lowest BCUT2D eigenvalue weighted by Crippen LogP contribution is -1.87. The number of rotatable bonds is 2. The van der Waals surface area contributed by atoms with Gasteiger partial charge in [0.1, 0.15) is 0 Å². The number of nitrogens with zero attached hydrogens (tertiary/aromatic N) is 2.